The molecule has 0 spiro atoms. The Kier molecular flexibility index (Phi) is 8.70. The molecular weight excluding hydrogens is 699 g/mol. The Morgan fingerprint density at radius 3 is 1.95 bits per heavy atom. The molecular formula is C52H45N3O2. The molecule has 0 bridgehead atoms. The van der Waals surface area contributed by atoms with E-state index in [0.29, 0.717) is 11.4 Å². The Hall–Kier alpha value is -6.72. The van der Waals surface area contributed by atoms with Crippen molar-refractivity contribution in [3.63, 3.8) is 0 Å². The number of phenols is 1. The Balaban J connectivity index is 1.26. The summed E-state index contributed by atoms with van der Waals surface area (Å²) >= 11 is 0. The second kappa shape index (κ2) is 13.8. The molecule has 3 aromatic heterocycles. The van der Waals surface area contributed by atoms with Crippen LogP contribution >= 0.6 is 0 Å². The predicted molar refractivity (Wildman–Crippen MR) is 235 cm³/mol. The lowest BCUT2D eigenvalue weighted by atomic mass is 9.79. The quantitative estimate of drug-likeness (QED) is 0.184. The standard InChI is InChI=1S/C52H45N3O2/c1-51(2,3)38-30-41(49(56)42(31-38)52(4,5)6)50-54-48-40(24-16-26-45(48)55(50)44-25-14-13-23-39(44)33-17-9-7-10-18-33)35-21-15-22-36(27-35)43-28-37-29-46(57-47(37)32-53-43)34-19-11-8-12-20-34/h7-32,56H,1-6H3. The van der Waals surface area contributed by atoms with Crippen molar-refractivity contribution >= 4 is 22.0 Å². The van der Waals surface area contributed by atoms with E-state index in [1.807, 2.05) is 30.5 Å². The van der Waals surface area contributed by atoms with Crippen LogP contribution in [0.4, 0.5) is 0 Å². The summed E-state index contributed by atoms with van der Waals surface area (Å²) in [5, 5.41) is 13.3. The molecule has 0 atom stereocenters. The lowest BCUT2D eigenvalue weighted by Gasteiger charge is -2.27. The Labute approximate surface area is 334 Å². The van der Waals surface area contributed by atoms with E-state index in [-0.39, 0.29) is 16.6 Å². The van der Waals surface area contributed by atoms with Gasteiger partial charge in [-0.05, 0) is 63.9 Å². The van der Waals surface area contributed by atoms with Gasteiger partial charge < -0.3 is 9.52 Å². The third kappa shape index (κ3) is 6.59. The van der Waals surface area contributed by atoms with Gasteiger partial charge in [-0.15, -0.1) is 0 Å². The van der Waals surface area contributed by atoms with Crippen molar-refractivity contribution in [2.75, 3.05) is 0 Å². The van der Waals surface area contributed by atoms with Crippen LogP contribution in [0.5, 0.6) is 5.75 Å². The minimum Gasteiger partial charge on any atom is -0.507 e. The highest BCUT2D eigenvalue weighted by Gasteiger charge is 2.29. The van der Waals surface area contributed by atoms with Crippen LogP contribution in [-0.4, -0.2) is 19.6 Å². The molecule has 0 radical (unpaired) electrons. The number of benzene rings is 6. The molecule has 5 nitrogen and oxygen atoms in total. The number of phenolic OH excluding ortho intramolecular Hbond substituents is 1. The molecule has 0 aliphatic carbocycles. The largest absolute Gasteiger partial charge is 0.507 e. The second-order valence-corrected chi connectivity index (χ2v) is 16.9. The topological polar surface area (TPSA) is 64.1 Å². The number of nitrogens with zero attached hydrogens (tertiary/aromatic N) is 3. The Bertz CT molecular complexity index is 2920. The van der Waals surface area contributed by atoms with Gasteiger partial charge in [-0.1, -0.05) is 157 Å². The highest BCUT2D eigenvalue weighted by Crippen LogP contribution is 2.45. The van der Waals surface area contributed by atoms with Gasteiger partial charge in [0.25, 0.3) is 0 Å². The maximum absolute atomic E-state index is 12.3. The molecule has 3 heterocycles. The SMILES string of the molecule is CC(C)(C)c1cc(-c2nc3c(-c4cccc(-c5cc6cc(-c7ccccc7)oc6cn5)c4)cccc3n2-c2ccccc2-c2ccccc2)c(O)c(C(C)(C)C)c1. The van der Waals surface area contributed by atoms with E-state index in [4.69, 9.17) is 14.4 Å². The summed E-state index contributed by atoms with van der Waals surface area (Å²) < 4.78 is 8.41. The van der Waals surface area contributed by atoms with Crippen LogP contribution in [0.15, 0.2) is 162 Å². The smallest absolute Gasteiger partial charge is 0.153 e. The van der Waals surface area contributed by atoms with Gasteiger partial charge in [0.05, 0.1) is 34.2 Å². The summed E-state index contributed by atoms with van der Waals surface area (Å²) in [5.74, 6) is 1.76. The van der Waals surface area contributed by atoms with Gasteiger partial charge in [0.15, 0.2) is 5.58 Å². The van der Waals surface area contributed by atoms with Crippen LogP contribution in [-0.2, 0) is 10.8 Å². The fourth-order valence-electron chi connectivity index (χ4n) is 7.79. The van der Waals surface area contributed by atoms with Gasteiger partial charge in [0, 0.05) is 33.2 Å². The fraction of sp³-hybridized carbons (Fsp3) is 0.154. The number of aromatic nitrogens is 3. The zero-order valence-corrected chi connectivity index (χ0v) is 33.2. The van der Waals surface area contributed by atoms with Gasteiger partial charge in [-0.3, -0.25) is 9.55 Å². The first-order valence-electron chi connectivity index (χ1n) is 19.5. The van der Waals surface area contributed by atoms with Gasteiger partial charge >= 0.3 is 0 Å². The fourth-order valence-corrected chi connectivity index (χ4v) is 7.79. The first-order valence-corrected chi connectivity index (χ1v) is 19.5. The molecule has 1 N–H and O–H groups in total. The number of fused-ring (bicyclic) bond motifs is 2. The number of rotatable bonds is 6. The Morgan fingerprint density at radius 1 is 0.561 bits per heavy atom. The number of para-hydroxylation sites is 2. The monoisotopic (exact) mass is 743 g/mol. The number of hydrogen-bond donors (Lipinski definition) is 1. The van der Waals surface area contributed by atoms with Crippen LogP contribution in [0.25, 0.3) is 83.9 Å². The van der Waals surface area contributed by atoms with Gasteiger partial charge in [0.2, 0.25) is 0 Å². The van der Waals surface area contributed by atoms with E-state index in [2.05, 4.69) is 174 Å². The molecule has 0 fully saturated rings. The lowest BCUT2D eigenvalue weighted by molar-refractivity contribution is 0.446. The van der Waals surface area contributed by atoms with Crippen molar-refractivity contribution in [2.45, 2.75) is 52.4 Å². The van der Waals surface area contributed by atoms with Crippen molar-refractivity contribution in [3.8, 4) is 67.7 Å². The number of aromatic hydroxyl groups is 1. The average Bonchev–Trinajstić information content (AvgIpc) is 3.83. The highest BCUT2D eigenvalue weighted by molar-refractivity contribution is 5.98. The molecule has 57 heavy (non-hydrogen) atoms. The maximum Gasteiger partial charge on any atom is 0.153 e. The molecule has 9 aromatic rings. The first-order chi connectivity index (χ1) is 27.4. The van der Waals surface area contributed by atoms with E-state index in [9.17, 15) is 5.11 Å². The van der Waals surface area contributed by atoms with E-state index in [0.717, 1.165) is 83.7 Å². The van der Waals surface area contributed by atoms with Crippen LogP contribution in [0.2, 0.25) is 0 Å². The first kappa shape index (κ1) is 35.9. The normalized spacial score (nSPS) is 12.1. The van der Waals surface area contributed by atoms with E-state index in [1.54, 1.807) is 0 Å². The van der Waals surface area contributed by atoms with Gasteiger partial charge in [-0.2, -0.15) is 0 Å². The molecule has 0 saturated carbocycles. The molecule has 0 unspecified atom stereocenters. The zero-order chi connectivity index (χ0) is 39.5. The van der Waals surface area contributed by atoms with Crippen molar-refractivity contribution in [1.29, 1.82) is 0 Å². The third-order valence-electron chi connectivity index (χ3n) is 10.9. The Morgan fingerprint density at radius 2 is 1.21 bits per heavy atom. The summed E-state index contributed by atoms with van der Waals surface area (Å²) in [5.41, 5.74) is 12.9. The van der Waals surface area contributed by atoms with Crippen molar-refractivity contribution in [2.24, 2.45) is 0 Å². The second-order valence-electron chi connectivity index (χ2n) is 16.9. The van der Waals surface area contributed by atoms with E-state index >= 15 is 0 Å². The molecule has 0 aliphatic rings. The summed E-state index contributed by atoms with van der Waals surface area (Å²) in [7, 11) is 0. The summed E-state index contributed by atoms with van der Waals surface area (Å²) in [6, 6.07) is 52.4. The zero-order valence-electron chi connectivity index (χ0n) is 33.2. The number of imidazole rings is 1. The van der Waals surface area contributed by atoms with Crippen molar-refractivity contribution in [1.82, 2.24) is 14.5 Å². The average molecular weight is 744 g/mol. The van der Waals surface area contributed by atoms with Gasteiger partial charge in [0.1, 0.15) is 17.3 Å². The highest BCUT2D eigenvalue weighted by atomic mass is 16.3. The lowest BCUT2D eigenvalue weighted by Crippen LogP contribution is -2.17. The minimum absolute atomic E-state index is 0.163. The molecule has 9 rings (SSSR count). The van der Waals surface area contributed by atoms with Crippen LogP contribution in [0.3, 0.4) is 0 Å². The van der Waals surface area contributed by atoms with Crippen molar-refractivity contribution < 1.29 is 9.52 Å². The molecule has 0 saturated heterocycles. The summed E-state index contributed by atoms with van der Waals surface area (Å²) in [6.07, 6.45) is 1.81. The number of furan rings is 1. The molecule has 0 amide bonds. The number of hydrogen-bond acceptors (Lipinski definition) is 4. The van der Waals surface area contributed by atoms with Crippen LogP contribution < -0.4 is 0 Å². The third-order valence-corrected chi connectivity index (χ3v) is 10.9. The molecule has 5 heteroatoms. The molecule has 0 aliphatic heterocycles. The van der Waals surface area contributed by atoms with Crippen LogP contribution in [0.1, 0.15) is 52.7 Å². The molecule has 6 aromatic carbocycles. The summed E-state index contributed by atoms with van der Waals surface area (Å²) in [4.78, 5) is 10.4. The van der Waals surface area contributed by atoms with Crippen LogP contribution in [0, 0.1) is 0 Å². The van der Waals surface area contributed by atoms with E-state index < -0.39 is 0 Å². The maximum atomic E-state index is 12.3. The predicted octanol–water partition coefficient (Wildman–Crippen LogP) is 13.8. The summed E-state index contributed by atoms with van der Waals surface area (Å²) in [6.45, 7) is 13.1. The number of pyridine rings is 1. The van der Waals surface area contributed by atoms with E-state index in [1.165, 1.54) is 0 Å². The minimum atomic E-state index is -0.304. The molecule has 280 valence electrons. The van der Waals surface area contributed by atoms with Crippen molar-refractivity contribution in [3.05, 3.63) is 169 Å². The van der Waals surface area contributed by atoms with Gasteiger partial charge in [-0.25, -0.2) is 4.98 Å².